The molecular formula is C55H44O15. The zero-order valence-electron chi connectivity index (χ0n) is 37.3. The number of para-hydroxylation sites is 3. The van der Waals surface area contributed by atoms with Crippen LogP contribution in [0.3, 0.4) is 0 Å². The maximum Gasteiger partial charge on any atom is 0.343 e. The van der Waals surface area contributed by atoms with Crippen LogP contribution in [0.4, 0.5) is 0 Å². The van der Waals surface area contributed by atoms with Crippen molar-refractivity contribution < 1.29 is 57.9 Å². The molecule has 6 aromatic carbocycles. The Morgan fingerprint density at radius 2 is 0.671 bits per heavy atom. The zero-order chi connectivity index (χ0) is 49.9. The monoisotopic (exact) mass is 944 g/mol. The molecule has 3 aromatic heterocycles. The molecule has 3 heterocycles. The first-order valence-corrected chi connectivity index (χ1v) is 21.7. The van der Waals surface area contributed by atoms with Crippen molar-refractivity contribution in [2.24, 2.45) is 0 Å². The van der Waals surface area contributed by atoms with E-state index in [0.29, 0.717) is 32.9 Å². The minimum atomic E-state index is -1.06. The van der Waals surface area contributed by atoms with Crippen molar-refractivity contribution in [3.63, 3.8) is 0 Å². The van der Waals surface area contributed by atoms with Gasteiger partial charge in [-0.1, -0.05) is 127 Å². The number of rotatable bonds is 12. The molecule has 3 atom stereocenters. The Bertz CT molecular complexity index is 3330. The third kappa shape index (κ3) is 11.0. The number of carboxylic acids is 2. The number of benzene rings is 6. The van der Waals surface area contributed by atoms with Crippen LogP contribution in [-0.4, -0.2) is 50.6 Å². The van der Waals surface area contributed by atoms with E-state index in [2.05, 4.69) is 0 Å². The van der Waals surface area contributed by atoms with E-state index in [-0.39, 0.29) is 64.4 Å². The SMILES string of the molecule is COC(=O)CC(c1ccccc1)c1c(O)c2ccccc2oc1=O.O=C(O)CC(c1ccccc1)c1c(O)c2ccccc2oc1=O.O=C(O)CC(c1ccccc1)c1c(O)c2ccccc2oc1=O. The molecule has 15 heteroatoms. The van der Waals surface area contributed by atoms with Crippen molar-refractivity contribution in [3.05, 3.63) is 228 Å². The summed E-state index contributed by atoms with van der Waals surface area (Å²) in [4.78, 5) is 71.4. The topological polar surface area (TPSA) is 252 Å². The van der Waals surface area contributed by atoms with E-state index in [0.717, 1.165) is 5.56 Å². The molecule has 0 fully saturated rings. The molecule has 0 spiro atoms. The Hall–Kier alpha value is -9.24. The maximum atomic E-state index is 12.5. The second kappa shape index (κ2) is 22.0. The standard InChI is InChI=1S/C19H16O5.2C18H14O5/c1-23-16(20)11-14(12-7-3-2-4-8-12)17-18(21)13-9-5-6-10-15(13)24-19(17)22;2*19-15(20)10-13(11-6-2-1-3-7-11)16-17(21)12-8-4-5-9-14(12)23-18(16)22/h2-10,14,21H,11H2,1H3;2*1-9,13,21H,10H2,(H,19,20). The minimum Gasteiger partial charge on any atom is -0.507 e. The number of aliphatic carboxylic acids is 2. The Kier molecular flexibility index (Phi) is 15.3. The highest BCUT2D eigenvalue weighted by molar-refractivity contribution is 5.87. The first kappa shape index (κ1) is 48.7. The number of esters is 1. The van der Waals surface area contributed by atoms with Gasteiger partial charge in [0.05, 0.1) is 59.2 Å². The molecule has 0 aliphatic carbocycles. The van der Waals surface area contributed by atoms with Crippen LogP contribution in [0.25, 0.3) is 32.9 Å². The van der Waals surface area contributed by atoms with E-state index in [9.17, 15) is 54.3 Å². The van der Waals surface area contributed by atoms with Crippen molar-refractivity contribution in [3.8, 4) is 17.2 Å². The minimum absolute atomic E-state index is 0.0303. The molecule has 9 aromatic rings. The molecule has 0 aliphatic rings. The lowest BCUT2D eigenvalue weighted by Gasteiger charge is -2.17. The lowest BCUT2D eigenvalue weighted by Crippen LogP contribution is -2.18. The third-order valence-electron chi connectivity index (χ3n) is 11.5. The number of hydrogen-bond donors (Lipinski definition) is 5. The Morgan fingerprint density at radius 3 is 0.943 bits per heavy atom. The molecule has 0 saturated heterocycles. The quantitative estimate of drug-likeness (QED) is 0.0565. The van der Waals surface area contributed by atoms with Crippen molar-refractivity contribution in [2.75, 3.05) is 7.11 Å². The molecule has 5 N–H and O–H groups in total. The molecule has 0 saturated carbocycles. The molecule has 0 bridgehead atoms. The van der Waals surface area contributed by atoms with Crippen LogP contribution in [-0.2, 0) is 19.1 Å². The van der Waals surface area contributed by atoms with Gasteiger partial charge in [0.2, 0.25) is 0 Å². The highest BCUT2D eigenvalue weighted by atomic mass is 16.5. The van der Waals surface area contributed by atoms with E-state index in [1.165, 1.54) is 7.11 Å². The molecule has 9 rings (SSSR count). The summed E-state index contributed by atoms with van der Waals surface area (Å²) in [6, 6.07) is 46.5. The predicted octanol–water partition coefficient (Wildman–Crippen LogP) is 9.40. The molecule has 0 amide bonds. The van der Waals surface area contributed by atoms with E-state index < -0.39 is 52.5 Å². The van der Waals surface area contributed by atoms with Crippen LogP contribution < -0.4 is 16.9 Å². The number of fused-ring (bicyclic) bond motifs is 3. The lowest BCUT2D eigenvalue weighted by atomic mass is 9.88. The van der Waals surface area contributed by atoms with Gasteiger partial charge >= 0.3 is 34.8 Å². The summed E-state index contributed by atoms with van der Waals surface area (Å²) in [5.41, 5.74) is 0.702. The molecule has 0 radical (unpaired) electrons. The fourth-order valence-electron chi connectivity index (χ4n) is 8.18. The first-order chi connectivity index (χ1) is 33.8. The predicted molar refractivity (Wildman–Crippen MR) is 258 cm³/mol. The normalized spacial score (nSPS) is 12.1. The molecule has 70 heavy (non-hydrogen) atoms. The second-order valence-corrected chi connectivity index (χ2v) is 15.8. The molecule has 3 unspecified atom stereocenters. The summed E-state index contributed by atoms with van der Waals surface area (Å²) >= 11 is 0. The summed E-state index contributed by atoms with van der Waals surface area (Å²) in [5.74, 6) is -5.45. The smallest absolute Gasteiger partial charge is 0.343 e. The van der Waals surface area contributed by atoms with E-state index in [4.69, 9.17) is 18.0 Å². The molecule has 0 aliphatic heterocycles. The first-order valence-electron chi connectivity index (χ1n) is 21.7. The maximum absolute atomic E-state index is 12.5. The molecule has 15 nitrogen and oxygen atoms in total. The Morgan fingerprint density at radius 1 is 0.414 bits per heavy atom. The number of carboxylic acid groups (broad SMARTS) is 2. The van der Waals surface area contributed by atoms with Gasteiger partial charge in [-0.2, -0.15) is 0 Å². The zero-order valence-corrected chi connectivity index (χ0v) is 37.3. The van der Waals surface area contributed by atoms with Gasteiger partial charge in [0.15, 0.2) is 0 Å². The summed E-state index contributed by atoms with van der Waals surface area (Å²) in [7, 11) is 1.28. The van der Waals surface area contributed by atoms with E-state index in [1.807, 2.05) is 6.07 Å². The van der Waals surface area contributed by atoms with Crippen molar-refractivity contribution in [2.45, 2.75) is 37.0 Å². The van der Waals surface area contributed by atoms with Gasteiger partial charge < -0.3 is 43.5 Å². The number of ether oxygens (including phenoxy) is 1. The summed E-state index contributed by atoms with van der Waals surface area (Å²) in [6.45, 7) is 0. The van der Waals surface area contributed by atoms with Gasteiger partial charge in [0, 0.05) is 17.8 Å². The number of carbonyl (C=O) groups excluding carboxylic acids is 1. The van der Waals surface area contributed by atoms with Gasteiger partial charge in [-0.25, -0.2) is 14.4 Å². The highest BCUT2D eigenvalue weighted by Crippen LogP contribution is 2.39. The Labute approximate surface area is 397 Å². The van der Waals surface area contributed by atoms with Gasteiger partial charge in [-0.15, -0.1) is 0 Å². The van der Waals surface area contributed by atoms with E-state index in [1.54, 1.807) is 158 Å². The van der Waals surface area contributed by atoms with Crippen LogP contribution in [0.5, 0.6) is 17.2 Å². The van der Waals surface area contributed by atoms with Crippen LogP contribution in [0.1, 0.15) is 70.4 Å². The summed E-state index contributed by atoms with van der Waals surface area (Å²) in [6.07, 6.45) is -0.710. The van der Waals surface area contributed by atoms with E-state index >= 15 is 0 Å². The second-order valence-electron chi connectivity index (χ2n) is 15.8. The van der Waals surface area contributed by atoms with Gasteiger partial charge in [-0.3, -0.25) is 14.4 Å². The molecular weight excluding hydrogens is 901 g/mol. The third-order valence-corrected chi connectivity index (χ3v) is 11.5. The highest BCUT2D eigenvalue weighted by Gasteiger charge is 2.29. The van der Waals surface area contributed by atoms with Crippen LogP contribution in [0, 0.1) is 0 Å². The van der Waals surface area contributed by atoms with Gasteiger partial charge in [-0.05, 0) is 53.1 Å². The number of aromatic hydroxyl groups is 3. The van der Waals surface area contributed by atoms with Crippen LogP contribution >= 0.6 is 0 Å². The average molecular weight is 945 g/mol. The van der Waals surface area contributed by atoms with Gasteiger partial charge in [0.1, 0.15) is 34.0 Å². The fraction of sp³-hybridized carbons (Fsp3) is 0.127. The Balaban J connectivity index is 0.000000155. The summed E-state index contributed by atoms with van der Waals surface area (Å²) in [5, 5.41) is 51.2. The number of hydrogen-bond acceptors (Lipinski definition) is 13. The van der Waals surface area contributed by atoms with Crippen LogP contribution in [0.15, 0.2) is 191 Å². The number of methoxy groups -OCH3 is 1. The number of carbonyl (C=O) groups is 3. The molecule has 354 valence electrons. The lowest BCUT2D eigenvalue weighted by molar-refractivity contribution is -0.141. The largest absolute Gasteiger partial charge is 0.507 e. The van der Waals surface area contributed by atoms with Crippen molar-refractivity contribution in [1.29, 1.82) is 0 Å². The van der Waals surface area contributed by atoms with Gasteiger partial charge in [0.25, 0.3) is 0 Å². The summed E-state index contributed by atoms with van der Waals surface area (Å²) < 4.78 is 20.6. The van der Waals surface area contributed by atoms with Crippen molar-refractivity contribution >= 4 is 50.8 Å². The van der Waals surface area contributed by atoms with Crippen LogP contribution in [0.2, 0.25) is 0 Å². The average Bonchev–Trinajstić information content (AvgIpc) is 3.36. The van der Waals surface area contributed by atoms with Crippen molar-refractivity contribution in [1.82, 2.24) is 0 Å². The fourth-order valence-corrected chi connectivity index (χ4v) is 8.18.